The SMILES string of the molecule is CCCOc1ccc(C(=O)Nc2ccc(Cl)cc2Cl)cc1. The van der Waals surface area contributed by atoms with Gasteiger partial charge in [0.15, 0.2) is 0 Å². The first-order valence-corrected chi connectivity index (χ1v) is 7.35. The van der Waals surface area contributed by atoms with E-state index in [1.165, 1.54) is 0 Å². The van der Waals surface area contributed by atoms with Crippen LogP contribution in [0.3, 0.4) is 0 Å². The predicted molar refractivity (Wildman–Crippen MR) is 86.6 cm³/mol. The van der Waals surface area contributed by atoms with Gasteiger partial charge in [-0.25, -0.2) is 0 Å². The second-order valence-electron chi connectivity index (χ2n) is 4.45. The van der Waals surface area contributed by atoms with Crippen LogP contribution in [0.4, 0.5) is 5.69 Å². The van der Waals surface area contributed by atoms with Crippen molar-refractivity contribution in [1.29, 1.82) is 0 Å². The lowest BCUT2D eigenvalue weighted by molar-refractivity contribution is 0.102. The largest absolute Gasteiger partial charge is 0.494 e. The van der Waals surface area contributed by atoms with Crippen LogP contribution in [0.15, 0.2) is 42.5 Å². The van der Waals surface area contributed by atoms with Crippen LogP contribution in [0.25, 0.3) is 0 Å². The molecule has 0 saturated heterocycles. The molecule has 0 heterocycles. The third kappa shape index (κ3) is 4.38. The van der Waals surface area contributed by atoms with Gasteiger partial charge >= 0.3 is 0 Å². The summed E-state index contributed by atoms with van der Waals surface area (Å²) in [7, 11) is 0. The number of hydrogen-bond donors (Lipinski definition) is 1. The van der Waals surface area contributed by atoms with E-state index in [2.05, 4.69) is 5.32 Å². The molecule has 0 radical (unpaired) electrons. The third-order valence-electron chi connectivity index (χ3n) is 2.77. The number of carbonyl (C=O) groups is 1. The smallest absolute Gasteiger partial charge is 0.255 e. The molecule has 2 aromatic rings. The van der Waals surface area contributed by atoms with E-state index in [4.69, 9.17) is 27.9 Å². The zero-order chi connectivity index (χ0) is 15.2. The summed E-state index contributed by atoms with van der Waals surface area (Å²) in [5, 5.41) is 3.67. The van der Waals surface area contributed by atoms with Gasteiger partial charge in [0.05, 0.1) is 17.3 Å². The number of hydrogen-bond acceptors (Lipinski definition) is 2. The Morgan fingerprint density at radius 2 is 1.86 bits per heavy atom. The number of nitrogens with one attached hydrogen (secondary N) is 1. The lowest BCUT2D eigenvalue weighted by Gasteiger charge is -2.08. The lowest BCUT2D eigenvalue weighted by Crippen LogP contribution is -2.12. The second-order valence-corrected chi connectivity index (χ2v) is 5.29. The van der Waals surface area contributed by atoms with Crippen molar-refractivity contribution in [2.24, 2.45) is 0 Å². The molecule has 0 fully saturated rings. The van der Waals surface area contributed by atoms with Crippen LogP contribution in [0.2, 0.25) is 10.0 Å². The zero-order valence-electron chi connectivity index (χ0n) is 11.5. The van der Waals surface area contributed by atoms with Crippen molar-refractivity contribution in [3.05, 3.63) is 58.1 Å². The maximum absolute atomic E-state index is 12.1. The molecule has 5 heteroatoms. The Morgan fingerprint density at radius 1 is 1.14 bits per heavy atom. The fourth-order valence-electron chi connectivity index (χ4n) is 1.71. The molecule has 110 valence electrons. The number of amides is 1. The highest BCUT2D eigenvalue weighted by Gasteiger charge is 2.09. The Morgan fingerprint density at radius 3 is 2.48 bits per heavy atom. The molecule has 1 N–H and O–H groups in total. The minimum atomic E-state index is -0.235. The maximum atomic E-state index is 12.1. The molecular weight excluding hydrogens is 309 g/mol. The molecule has 0 unspecified atom stereocenters. The van der Waals surface area contributed by atoms with Crippen molar-refractivity contribution in [2.75, 3.05) is 11.9 Å². The minimum absolute atomic E-state index is 0.235. The molecule has 0 saturated carbocycles. The van der Waals surface area contributed by atoms with Crippen molar-refractivity contribution in [2.45, 2.75) is 13.3 Å². The van der Waals surface area contributed by atoms with Gasteiger partial charge in [-0.2, -0.15) is 0 Å². The van der Waals surface area contributed by atoms with Gasteiger partial charge in [-0.1, -0.05) is 30.1 Å². The molecule has 3 nitrogen and oxygen atoms in total. The minimum Gasteiger partial charge on any atom is -0.494 e. The van der Waals surface area contributed by atoms with Gasteiger partial charge in [0.1, 0.15) is 5.75 Å². The molecular formula is C16H15Cl2NO2. The Bertz CT molecular complexity index is 627. The monoisotopic (exact) mass is 323 g/mol. The van der Waals surface area contributed by atoms with E-state index in [-0.39, 0.29) is 5.91 Å². The zero-order valence-corrected chi connectivity index (χ0v) is 13.0. The first-order valence-electron chi connectivity index (χ1n) is 6.59. The highest BCUT2D eigenvalue weighted by atomic mass is 35.5. The van der Waals surface area contributed by atoms with E-state index < -0.39 is 0 Å². The highest BCUT2D eigenvalue weighted by Crippen LogP contribution is 2.26. The molecule has 2 aromatic carbocycles. The Kier molecular flexibility index (Phi) is 5.48. The molecule has 21 heavy (non-hydrogen) atoms. The van der Waals surface area contributed by atoms with E-state index in [1.807, 2.05) is 6.92 Å². The number of ether oxygens (including phenoxy) is 1. The summed E-state index contributed by atoms with van der Waals surface area (Å²) in [4.78, 5) is 12.1. The van der Waals surface area contributed by atoms with E-state index in [0.717, 1.165) is 12.2 Å². The summed E-state index contributed by atoms with van der Waals surface area (Å²) in [6.07, 6.45) is 0.942. The first kappa shape index (κ1) is 15.7. The van der Waals surface area contributed by atoms with E-state index in [0.29, 0.717) is 27.9 Å². The molecule has 0 aliphatic rings. The number of rotatable bonds is 5. The summed E-state index contributed by atoms with van der Waals surface area (Å²) in [5.74, 6) is 0.513. The predicted octanol–water partition coefficient (Wildman–Crippen LogP) is 5.03. The van der Waals surface area contributed by atoms with Gasteiger partial charge in [-0.05, 0) is 48.9 Å². The summed E-state index contributed by atoms with van der Waals surface area (Å²) in [5.41, 5.74) is 1.06. The lowest BCUT2D eigenvalue weighted by atomic mass is 10.2. The van der Waals surface area contributed by atoms with Gasteiger partial charge in [0.25, 0.3) is 5.91 Å². The fourth-order valence-corrected chi connectivity index (χ4v) is 2.16. The number of halogens is 2. The average molecular weight is 324 g/mol. The Balaban J connectivity index is 2.06. The van der Waals surface area contributed by atoms with Crippen molar-refractivity contribution in [3.63, 3.8) is 0 Å². The van der Waals surface area contributed by atoms with Gasteiger partial charge in [0.2, 0.25) is 0 Å². The normalized spacial score (nSPS) is 10.2. The molecule has 0 spiro atoms. The molecule has 2 rings (SSSR count). The van der Waals surface area contributed by atoms with Gasteiger partial charge < -0.3 is 10.1 Å². The molecule has 0 atom stereocenters. The topological polar surface area (TPSA) is 38.3 Å². The van der Waals surface area contributed by atoms with Crippen molar-refractivity contribution in [3.8, 4) is 5.75 Å². The molecule has 0 aromatic heterocycles. The van der Waals surface area contributed by atoms with Crippen LogP contribution in [-0.4, -0.2) is 12.5 Å². The number of carbonyl (C=O) groups excluding carboxylic acids is 1. The van der Waals surface area contributed by atoms with Crippen LogP contribution in [0.5, 0.6) is 5.75 Å². The highest BCUT2D eigenvalue weighted by molar-refractivity contribution is 6.36. The second kappa shape index (κ2) is 7.34. The molecule has 0 aliphatic heterocycles. The van der Waals surface area contributed by atoms with Crippen LogP contribution in [0.1, 0.15) is 23.7 Å². The molecule has 1 amide bonds. The fraction of sp³-hybridized carbons (Fsp3) is 0.188. The summed E-state index contributed by atoms with van der Waals surface area (Å²) in [6, 6.07) is 11.9. The summed E-state index contributed by atoms with van der Waals surface area (Å²) in [6.45, 7) is 2.70. The first-order chi connectivity index (χ1) is 10.1. The number of anilines is 1. The van der Waals surface area contributed by atoms with Crippen LogP contribution < -0.4 is 10.1 Å². The van der Waals surface area contributed by atoms with E-state index >= 15 is 0 Å². The molecule has 0 aliphatic carbocycles. The van der Waals surface area contributed by atoms with Gasteiger partial charge in [0, 0.05) is 10.6 Å². The Hall–Kier alpha value is -1.71. The average Bonchev–Trinajstić information content (AvgIpc) is 2.48. The number of benzene rings is 2. The summed E-state index contributed by atoms with van der Waals surface area (Å²) >= 11 is 11.8. The van der Waals surface area contributed by atoms with E-state index in [1.54, 1.807) is 42.5 Å². The van der Waals surface area contributed by atoms with Crippen molar-refractivity contribution >= 4 is 34.8 Å². The van der Waals surface area contributed by atoms with Crippen LogP contribution in [-0.2, 0) is 0 Å². The maximum Gasteiger partial charge on any atom is 0.255 e. The quantitative estimate of drug-likeness (QED) is 0.837. The van der Waals surface area contributed by atoms with Crippen LogP contribution >= 0.6 is 23.2 Å². The molecule has 0 bridgehead atoms. The van der Waals surface area contributed by atoms with Gasteiger partial charge in [-0.15, -0.1) is 0 Å². The standard InChI is InChI=1S/C16H15Cl2NO2/c1-2-9-21-13-6-3-11(4-7-13)16(20)19-15-8-5-12(17)10-14(15)18/h3-8,10H,2,9H2,1H3,(H,19,20). The van der Waals surface area contributed by atoms with Crippen molar-refractivity contribution in [1.82, 2.24) is 0 Å². The Labute approximate surface area is 133 Å². The summed E-state index contributed by atoms with van der Waals surface area (Å²) < 4.78 is 5.47. The van der Waals surface area contributed by atoms with Gasteiger partial charge in [-0.3, -0.25) is 4.79 Å². The van der Waals surface area contributed by atoms with Crippen LogP contribution in [0, 0.1) is 0 Å². The van der Waals surface area contributed by atoms with E-state index in [9.17, 15) is 4.79 Å². The third-order valence-corrected chi connectivity index (χ3v) is 3.32. The van der Waals surface area contributed by atoms with Crippen molar-refractivity contribution < 1.29 is 9.53 Å².